The summed E-state index contributed by atoms with van der Waals surface area (Å²) in [5, 5.41) is 12.7. The van der Waals surface area contributed by atoms with E-state index in [0.29, 0.717) is 18.1 Å². The van der Waals surface area contributed by atoms with Crippen LogP contribution in [-0.4, -0.2) is 17.2 Å². The monoisotopic (exact) mass is 293 g/mol. The van der Waals surface area contributed by atoms with Crippen LogP contribution in [0.1, 0.15) is 36.2 Å². The summed E-state index contributed by atoms with van der Waals surface area (Å²) in [6, 6.07) is 5.44. The van der Waals surface area contributed by atoms with Crippen molar-refractivity contribution in [2.45, 2.75) is 33.0 Å². The molecule has 0 fully saturated rings. The predicted molar refractivity (Wildman–Crippen MR) is 79.5 cm³/mol. The number of benzene rings is 1. The summed E-state index contributed by atoms with van der Waals surface area (Å²) in [4.78, 5) is 4.46. The summed E-state index contributed by atoms with van der Waals surface area (Å²) in [5.41, 5.74) is 1.73. The van der Waals surface area contributed by atoms with Gasteiger partial charge in [0.05, 0.1) is 23.9 Å². The topological polar surface area (TPSA) is 51.6 Å². The van der Waals surface area contributed by atoms with Gasteiger partial charge in [-0.25, -0.2) is 4.98 Å². The van der Waals surface area contributed by atoms with Crippen molar-refractivity contribution in [2.24, 2.45) is 0 Å². The van der Waals surface area contributed by atoms with Crippen LogP contribution in [0.2, 0.25) is 0 Å². The highest BCUT2D eigenvalue weighted by molar-refractivity contribution is 7.09. The van der Waals surface area contributed by atoms with Gasteiger partial charge >= 0.3 is 0 Å². The van der Waals surface area contributed by atoms with Crippen molar-refractivity contribution in [1.29, 1.82) is 0 Å². The molecule has 1 heterocycles. The highest BCUT2D eigenvalue weighted by atomic mass is 32.1. The van der Waals surface area contributed by atoms with Crippen LogP contribution in [0.3, 0.4) is 0 Å². The Morgan fingerprint density at radius 1 is 1.35 bits per heavy atom. The number of nitrogens with zero attached hydrogens (tertiary/aromatic N) is 1. The molecular formula is C15H19NO3S. The number of thiazole rings is 1. The summed E-state index contributed by atoms with van der Waals surface area (Å²) in [6.45, 7) is 4.22. The lowest BCUT2D eigenvalue weighted by molar-refractivity contribution is 0.198. The first-order valence-corrected chi connectivity index (χ1v) is 7.44. The Balaban J connectivity index is 2.08. The fourth-order valence-electron chi connectivity index (χ4n) is 1.79. The molecule has 1 atom stereocenters. The molecule has 5 heteroatoms. The van der Waals surface area contributed by atoms with Gasteiger partial charge in [0.25, 0.3) is 0 Å². The number of aromatic nitrogens is 1. The van der Waals surface area contributed by atoms with Crippen LogP contribution in [0.4, 0.5) is 0 Å². The quantitative estimate of drug-likeness (QED) is 0.887. The Labute approximate surface area is 123 Å². The molecular weight excluding hydrogens is 274 g/mol. The van der Waals surface area contributed by atoms with Crippen molar-refractivity contribution in [3.8, 4) is 11.5 Å². The molecule has 0 spiro atoms. The third-order valence-electron chi connectivity index (χ3n) is 2.95. The van der Waals surface area contributed by atoms with Crippen LogP contribution in [0.25, 0.3) is 0 Å². The molecule has 108 valence electrons. The zero-order chi connectivity index (χ0) is 14.5. The number of aliphatic hydroxyl groups is 1. The van der Waals surface area contributed by atoms with Gasteiger partial charge in [-0.2, -0.15) is 0 Å². The SMILES string of the molecule is CCc1nc(COc2ccc([C@H](C)O)cc2OC)cs1. The highest BCUT2D eigenvalue weighted by Crippen LogP contribution is 2.30. The van der Waals surface area contributed by atoms with Gasteiger partial charge in [0, 0.05) is 5.38 Å². The van der Waals surface area contributed by atoms with Gasteiger partial charge in [0.15, 0.2) is 11.5 Å². The molecule has 2 aromatic rings. The fraction of sp³-hybridized carbons (Fsp3) is 0.400. The molecule has 0 saturated heterocycles. The zero-order valence-corrected chi connectivity index (χ0v) is 12.7. The predicted octanol–water partition coefficient (Wildman–Crippen LogP) is 3.35. The van der Waals surface area contributed by atoms with Gasteiger partial charge < -0.3 is 14.6 Å². The third kappa shape index (κ3) is 3.49. The van der Waals surface area contributed by atoms with Gasteiger partial charge in [0.1, 0.15) is 6.61 Å². The molecule has 0 bridgehead atoms. The molecule has 2 rings (SSSR count). The van der Waals surface area contributed by atoms with Crippen LogP contribution in [0, 0.1) is 0 Å². The van der Waals surface area contributed by atoms with E-state index in [1.54, 1.807) is 31.4 Å². The van der Waals surface area contributed by atoms with Crippen molar-refractivity contribution in [2.75, 3.05) is 7.11 Å². The number of ether oxygens (including phenoxy) is 2. The number of aliphatic hydroxyl groups excluding tert-OH is 1. The first-order valence-electron chi connectivity index (χ1n) is 6.56. The zero-order valence-electron chi connectivity index (χ0n) is 11.9. The molecule has 20 heavy (non-hydrogen) atoms. The lowest BCUT2D eigenvalue weighted by atomic mass is 10.1. The molecule has 4 nitrogen and oxygen atoms in total. The van der Waals surface area contributed by atoms with E-state index < -0.39 is 6.10 Å². The smallest absolute Gasteiger partial charge is 0.161 e. The van der Waals surface area contributed by atoms with Crippen molar-refractivity contribution in [1.82, 2.24) is 4.98 Å². The minimum Gasteiger partial charge on any atom is -0.493 e. The molecule has 0 radical (unpaired) electrons. The van der Waals surface area contributed by atoms with Gasteiger partial charge in [-0.1, -0.05) is 13.0 Å². The maximum absolute atomic E-state index is 9.57. The van der Waals surface area contributed by atoms with E-state index in [1.165, 1.54) is 0 Å². The molecule has 0 aliphatic rings. The average molecular weight is 293 g/mol. The Bertz CT molecular complexity index is 566. The molecule has 0 aliphatic carbocycles. The Morgan fingerprint density at radius 3 is 2.75 bits per heavy atom. The van der Waals surface area contributed by atoms with E-state index in [0.717, 1.165) is 22.7 Å². The largest absolute Gasteiger partial charge is 0.493 e. The summed E-state index contributed by atoms with van der Waals surface area (Å²) >= 11 is 1.65. The second kappa shape index (κ2) is 6.72. The molecule has 0 amide bonds. The van der Waals surface area contributed by atoms with Gasteiger partial charge in [-0.3, -0.25) is 0 Å². The van der Waals surface area contributed by atoms with E-state index in [-0.39, 0.29) is 0 Å². The van der Waals surface area contributed by atoms with Crippen LogP contribution in [0.15, 0.2) is 23.6 Å². The summed E-state index contributed by atoms with van der Waals surface area (Å²) < 4.78 is 11.0. The van der Waals surface area contributed by atoms with Gasteiger partial charge in [-0.05, 0) is 31.0 Å². The Morgan fingerprint density at radius 2 is 2.15 bits per heavy atom. The number of aryl methyl sites for hydroxylation is 1. The summed E-state index contributed by atoms with van der Waals surface area (Å²) in [7, 11) is 1.59. The van der Waals surface area contributed by atoms with E-state index in [1.807, 2.05) is 17.5 Å². The van der Waals surface area contributed by atoms with Crippen LogP contribution >= 0.6 is 11.3 Å². The minimum atomic E-state index is -0.524. The molecule has 1 aromatic carbocycles. The molecule has 1 N–H and O–H groups in total. The van der Waals surface area contributed by atoms with E-state index >= 15 is 0 Å². The summed E-state index contributed by atoms with van der Waals surface area (Å²) in [5.74, 6) is 1.28. The normalized spacial score (nSPS) is 12.2. The number of methoxy groups -OCH3 is 1. The van der Waals surface area contributed by atoms with Crippen LogP contribution in [0.5, 0.6) is 11.5 Å². The minimum absolute atomic E-state index is 0.418. The molecule has 1 aromatic heterocycles. The third-order valence-corrected chi connectivity index (χ3v) is 3.99. The lowest BCUT2D eigenvalue weighted by Crippen LogP contribution is -2.00. The standard InChI is InChI=1S/C15H19NO3S/c1-4-15-16-12(9-20-15)8-19-13-6-5-11(10(2)17)7-14(13)18-3/h5-7,9-10,17H,4,8H2,1-3H3/t10-/m0/s1. The summed E-state index contributed by atoms with van der Waals surface area (Å²) in [6.07, 6.45) is 0.417. The molecule has 0 saturated carbocycles. The Hall–Kier alpha value is -1.59. The number of hydrogen-bond acceptors (Lipinski definition) is 5. The first-order chi connectivity index (χ1) is 9.63. The van der Waals surface area contributed by atoms with Crippen molar-refractivity contribution in [3.05, 3.63) is 39.8 Å². The van der Waals surface area contributed by atoms with Gasteiger partial charge in [0.2, 0.25) is 0 Å². The van der Waals surface area contributed by atoms with Crippen molar-refractivity contribution < 1.29 is 14.6 Å². The maximum atomic E-state index is 9.57. The number of rotatable bonds is 6. The van der Waals surface area contributed by atoms with Crippen LogP contribution < -0.4 is 9.47 Å². The fourth-order valence-corrected chi connectivity index (χ4v) is 2.52. The van der Waals surface area contributed by atoms with E-state index in [2.05, 4.69) is 11.9 Å². The Kier molecular flexibility index (Phi) is 4.98. The second-order valence-corrected chi connectivity index (χ2v) is 5.40. The molecule has 0 unspecified atom stereocenters. The second-order valence-electron chi connectivity index (χ2n) is 4.46. The first kappa shape index (κ1) is 14.8. The number of hydrogen-bond donors (Lipinski definition) is 1. The maximum Gasteiger partial charge on any atom is 0.161 e. The van der Waals surface area contributed by atoms with Crippen molar-refractivity contribution >= 4 is 11.3 Å². The lowest BCUT2D eigenvalue weighted by Gasteiger charge is -2.12. The average Bonchev–Trinajstić information content (AvgIpc) is 2.92. The highest BCUT2D eigenvalue weighted by Gasteiger charge is 2.09. The van der Waals surface area contributed by atoms with Crippen molar-refractivity contribution in [3.63, 3.8) is 0 Å². The van der Waals surface area contributed by atoms with Gasteiger partial charge in [-0.15, -0.1) is 11.3 Å². The van der Waals surface area contributed by atoms with E-state index in [9.17, 15) is 5.11 Å². The molecule has 0 aliphatic heterocycles. The van der Waals surface area contributed by atoms with E-state index in [4.69, 9.17) is 9.47 Å². The van der Waals surface area contributed by atoms with Crippen LogP contribution in [-0.2, 0) is 13.0 Å².